The predicted molar refractivity (Wildman–Crippen MR) is 160 cm³/mol. The first-order valence-electron chi connectivity index (χ1n) is 14.5. The van der Waals surface area contributed by atoms with Crippen LogP contribution in [0.4, 0.5) is 4.79 Å². The minimum Gasteiger partial charge on any atom is -0.444 e. The molecule has 222 valence electrons. The van der Waals surface area contributed by atoms with Crippen LogP contribution in [0.3, 0.4) is 0 Å². The van der Waals surface area contributed by atoms with Gasteiger partial charge >= 0.3 is 6.09 Å². The van der Waals surface area contributed by atoms with Crippen molar-refractivity contribution in [1.29, 1.82) is 0 Å². The topological polar surface area (TPSA) is 87.7 Å². The second kappa shape index (κ2) is 14.2. The molecule has 0 spiro atoms. The van der Waals surface area contributed by atoms with Gasteiger partial charge in [0, 0.05) is 11.6 Å². The highest BCUT2D eigenvalue weighted by Gasteiger charge is 2.42. The molecule has 7 heteroatoms. The first kappa shape index (κ1) is 34.5. The normalized spacial score (nSPS) is 15.2. The van der Waals surface area contributed by atoms with Gasteiger partial charge in [-0.3, -0.25) is 9.59 Å². The number of hydrogen-bond acceptors (Lipinski definition) is 4. The van der Waals surface area contributed by atoms with Gasteiger partial charge in [0.25, 0.3) is 0 Å². The lowest BCUT2D eigenvalue weighted by Gasteiger charge is -2.41. The molecule has 1 rings (SSSR count). The van der Waals surface area contributed by atoms with Crippen LogP contribution < -0.4 is 10.6 Å². The average Bonchev–Trinajstić information content (AvgIpc) is 2.77. The molecule has 2 N–H and O–H groups in total. The van der Waals surface area contributed by atoms with E-state index in [0.717, 1.165) is 29.5 Å². The van der Waals surface area contributed by atoms with Crippen LogP contribution in [0.15, 0.2) is 18.2 Å². The van der Waals surface area contributed by atoms with E-state index in [9.17, 15) is 14.4 Å². The third kappa shape index (κ3) is 10.8. The number of ether oxygens (including phenoxy) is 1. The number of nitrogens with one attached hydrogen (secondary N) is 2. The maximum atomic E-state index is 14.6. The molecule has 0 bridgehead atoms. The molecule has 1 aromatic rings. The highest BCUT2D eigenvalue weighted by Crippen LogP contribution is 2.33. The van der Waals surface area contributed by atoms with Crippen LogP contribution >= 0.6 is 0 Å². The monoisotopic (exact) mass is 545 g/mol. The van der Waals surface area contributed by atoms with Crippen molar-refractivity contribution >= 4 is 17.9 Å². The minimum absolute atomic E-state index is 0.172. The van der Waals surface area contributed by atoms with Crippen LogP contribution in [0.2, 0.25) is 0 Å². The molecular formula is C32H55N3O4. The third-order valence-corrected chi connectivity index (χ3v) is 6.88. The van der Waals surface area contributed by atoms with Gasteiger partial charge in [0.2, 0.25) is 11.8 Å². The number of aryl methyl sites for hydroxylation is 2. The Bertz CT molecular complexity index is 954. The number of carbonyl (C=O) groups excluding carboxylic acids is 3. The second-order valence-corrected chi connectivity index (χ2v) is 13.5. The molecule has 4 unspecified atom stereocenters. The number of nitrogens with zero attached hydrogens (tertiary/aromatic N) is 1. The summed E-state index contributed by atoms with van der Waals surface area (Å²) in [7, 11) is 0. The summed E-state index contributed by atoms with van der Waals surface area (Å²) < 4.78 is 5.53. The Morgan fingerprint density at radius 1 is 0.923 bits per heavy atom. The van der Waals surface area contributed by atoms with Gasteiger partial charge < -0.3 is 20.3 Å². The number of carbonyl (C=O) groups is 3. The largest absolute Gasteiger partial charge is 0.444 e. The number of hydrogen-bond donors (Lipinski definition) is 2. The number of rotatable bonds is 11. The van der Waals surface area contributed by atoms with E-state index in [1.54, 1.807) is 25.7 Å². The third-order valence-electron chi connectivity index (χ3n) is 6.88. The Kier molecular flexibility index (Phi) is 12.5. The quantitative estimate of drug-likeness (QED) is 0.318. The summed E-state index contributed by atoms with van der Waals surface area (Å²) in [5.41, 5.74) is 1.51. The summed E-state index contributed by atoms with van der Waals surface area (Å²) in [6, 6.07) is 3.97. The summed E-state index contributed by atoms with van der Waals surface area (Å²) in [5.74, 6) is -0.237. The number of amides is 3. The lowest BCUT2D eigenvalue weighted by Crippen LogP contribution is -2.58. The summed E-state index contributed by atoms with van der Waals surface area (Å²) in [4.78, 5) is 43.3. The van der Waals surface area contributed by atoms with E-state index in [4.69, 9.17) is 4.74 Å². The maximum Gasteiger partial charge on any atom is 0.408 e. The fraction of sp³-hybridized carbons (Fsp3) is 0.719. The van der Waals surface area contributed by atoms with Crippen LogP contribution in [0.25, 0.3) is 0 Å². The average molecular weight is 546 g/mol. The van der Waals surface area contributed by atoms with Gasteiger partial charge in [0.05, 0.1) is 0 Å². The summed E-state index contributed by atoms with van der Waals surface area (Å²) in [5, 5.41) is 6.00. The van der Waals surface area contributed by atoms with Gasteiger partial charge in [-0.05, 0) is 104 Å². The van der Waals surface area contributed by atoms with Crippen LogP contribution in [0.5, 0.6) is 0 Å². The summed E-state index contributed by atoms with van der Waals surface area (Å²) >= 11 is 0. The first-order chi connectivity index (χ1) is 17.8. The van der Waals surface area contributed by atoms with E-state index in [1.807, 2.05) is 73.6 Å². The minimum atomic E-state index is -0.855. The van der Waals surface area contributed by atoms with Crippen molar-refractivity contribution in [2.75, 3.05) is 0 Å². The summed E-state index contributed by atoms with van der Waals surface area (Å²) in [6.07, 6.45) is 1.66. The molecule has 0 aliphatic carbocycles. The fourth-order valence-electron chi connectivity index (χ4n) is 4.68. The van der Waals surface area contributed by atoms with E-state index in [1.165, 1.54) is 0 Å². The lowest BCUT2D eigenvalue weighted by molar-refractivity contribution is -0.146. The molecule has 4 atom stereocenters. The van der Waals surface area contributed by atoms with E-state index in [-0.39, 0.29) is 23.8 Å². The predicted octanol–water partition coefficient (Wildman–Crippen LogP) is 6.85. The van der Waals surface area contributed by atoms with Crippen molar-refractivity contribution in [1.82, 2.24) is 15.5 Å². The SMILES string of the molecule is CCC(C)C(NC(=O)OC(C)(C)C)C(=O)N(C(C)CCC(C)C)C(C(=O)NC(C)(C)C)c1c(C)cccc1C. The van der Waals surface area contributed by atoms with Crippen molar-refractivity contribution in [3.05, 3.63) is 34.9 Å². The maximum absolute atomic E-state index is 14.6. The van der Waals surface area contributed by atoms with E-state index in [0.29, 0.717) is 12.3 Å². The van der Waals surface area contributed by atoms with Crippen LogP contribution in [-0.2, 0) is 14.3 Å². The van der Waals surface area contributed by atoms with Gasteiger partial charge in [-0.15, -0.1) is 0 Å². The Balaban J connectivity index is 3.80. The first-order valence-corrected chi connectivity index (χ1v) is 14.5. The molecule has 0 saturated heterocycles. The molecule has 0 aliphatic heterocycles. The Morgan fingerprint density at radius 2 is 1.46 bits per heavy atom. The zero-order valence-corrected chi connectivity index (χ0v) is 26.8. The fourth-order valence-corrected chi connectivity index (χ4v) is 4.68. The molecule has 0 heterocycles. The van der Waals surface area contributed by atoms with E-state index < -0.39 is 29.3 Å². The molecule has 0 aromatic heterocycles. The molecule has 39 heavy (non-hydrogen) atoms. The van der Waals surface area contributed by atoms with E-state index >= 15 is 0 Å². The van der Waals surface area contributed by atoms with Crippen molar-refractivity contribution < 1.29 is 19.1 Å². The molecule has 0 saturated carbocycles. The highest BCUT2D eigenvalue weighted by molar-refractivity contribution is 5.93. The zero-order chi connectivity index (χ0) is 30.3. The van der Waals surface area contributed by atoms with Crippen LogP contribution in [0.1, 0.15) is 118 Å². The van der Waals surface area contributed by atoms with Crippen molar-refractivity contribution in [2.45, 2.75) is 139 Å². The van der Waals surface area contributed by atoms with Crippen molar-refractivity contribution in [3.63, 3.8) is 0 Å². The van der Waals surface area contributed by atoms with Gasteiger partial charge in [0.15, 0.2) is 0 Å². The molecule has 1 aromatic carbocycles. The van der Waals surface area contributed by atoms with Gasteiger partial charge in [-0.2, -0.15) is 0 Å². The lowest BCUT2D eigenvalue weighted by atomic mass is 9.89. The zero-order valence-electron chi connectivity index (χ0n) is 26.8. The Morgan fingerprint density at radius 3 is 1.90 bits per heavy atom. The van der Waals surface area contributed by atoms with Crippen molar-refractivity contribution in [3.8, 4) is 0 Å². The number of alkyl carbamates (subject to hydrolysis) is 1. The molecule has 0 fully saturated rings. The summed E-state index contributed by atoms with van der Waals surface area (Å²) in [6.45, 7) is 25.4. The Labute approximate surface area is 237 Å². The molecular weight excluding hydrogens is 490 g/mol. The number of benzene rings is 1. The van der Waals surface area contributed by atoms with Crippen molar-refractivity contribution in [2.24, 2.45) is 11.8 Å². The molecule has 0 aliphatic rings. The van der Waals surface area contributed by atoms with Gasteiger partial charge in [-0.25, -0.2) is 4.79 Å². The Hall–Kier alpha value is -2.57. The highest BCUT2D eigenvalue weighted by atomic mass is 16.6. The molecule has 0 radical (unpaired) electrons. The smallest absolute Gasteiger partial charge is 0.408 e. The van der Waals surface area contributed by atoms with Crippen LogP contribution in [0, 0.1) is 25.7 Å². The molecule has 3 amide bonds. The van der Waals surface area contributed by atoms with E-state index in [2.05, 4.69) is 24.5 Å². The van der Waals surface area contributed by atoms with Crippen LogP contribution in [-0.4, -0.2) is 46.0 Å². The molecule has 7 nitrogen and oxygen atoms in total. The van der Waals surface area contributed by atoms with Gasteiger partial charge in [-0.1, -0.05) is 52.3 Å². The van der Waals surface area contributed by atoms with Gasteiger partial charge in [0.1, 0.15) is 17.7 Å². The standard InChI is InChI=1S/C32H55N3O4/c1-14-21(4)26(33-30(38)39-32(11,12)13)29(37)35(24(7)19-18-20(2)3)27(28(36)34-31(8,9)10)25-22(5)16-15-17-23(25)6/h15-17,20-21,24,26-27H,14,18-19H2,1-13H3,(H,33,38)(H,34,36). The second-order valence-electron chi connectivity index (χ2n) is 13.5.